The third-order valence-electron chi connectivity index (χ3n) is 2.28. The largest absolute Gasteiger partial charge is 0.349 e. The topological polar surface area (TPSA) is 29.1 Å². The van der Waals surface area contributed by atoms with E-state index in [9.17, 15) is 4.79 Å². The summed E-state index contributed by atoms with van der Waals surface area (Å²) in [5.74, 6) is -0.0544. The van der Waals surface area contributed by atoms with Gasteiger partial charge in [0.05, 0.1) is 10.6 Å². The number of hydrogen-bond acceptors (Lipinski definition) is 1. The molecule has 2 nitrogen and oxygen atoms in total. The predicted molar refractivity (Wildman–Crippen MR) is 68.0 cm³/mol. The molecule has 0 radical (unpaired) electrons. The van der Waals surface area contributed by atoms with E-state index in [-0.39, 0.29) is 5.91 Å². The summed E-state index contributed by atoms with van der Waals surface area (Å²) in [6.07, 6.45) is 2.18. The maximum absolute atomic E-state index is 11.7. The van der Waals surface area contributed by atoms with Crippen molar-refractivity contribution in [1.82, 2.24) is 5.32 Å². The Balaban J connectivity index is 0.000000606. The van der Waals surface area contributed by atoms with E-state index in [0.29, 0.717) is 16.6 Å². The molecule has 3 heteroatoms. The minimum Gasteiger partial charge on any atom is -0.349 e. The smallest absolute Gasteiger partial charge is 0.253 e. The zero-order valence-electron chi connectivity index (χ0n) is 10.0. The second kappa shape index (κ2) is 5.90. The summed E-state index contributed by atoms with van der Waals surface area (Å²) >= 11 is 5.93. The minimum absolute atomic E-state index is 0.0544. The van der Waals surface area contributed by atoms with Crippen LogP contribution in [-0.2, 0) is 0 Å². The maximum atomic E-state index is 11.7. The third-order valence-corrected chi connectivity index (χ3v) is 2.61. The molecular formula is C13H18ClNO. The molecule has 0 spiro atoms. The van der Waals surface area contributed by atoms with E-state index in [0.717, 1.165) is 18.4 Å². The first-order valence-electron chi connectivity index (χ1n) is 5.74. The highest BCUT2D eigenvalue weighted by Crippen LogP contribution is 2.22. The number of carbonyl (C=O) groups is 1. The van der Waals surface area contributed by atoms with Crippen LogP contribution in [0.1, 0.15) is 42.6 Å². The van der Waals surface area contributed by atoms with Gasteiger partial charge >= 0.3 is 0 Å². The zero-order valence-corrected chi connectivity index (χ0v) is 10.8. The molecule has 0 aromatic heterocycles. The van der Waals surface area contributed by atoms with Crippen LogP contribution in [0.3, 0.4) is 0 Å². The van der Waals surface area contributed by atoms with Crippen molar-refractivity contribution in [3.05, 3.63) is 34.3 Å². The van der Waals surface area contributed by atoms with E-state index < -0.39 is 0 Å². The molecular weight excluding hydrogens is 222 g/mol. The Hall–Kier alpha value is -1.02. The lowest BCUT2D eigenvalue weighted by molar-refractivity contribution is 0.0951. The summed E-state index contributed by atoms with van der Waals surface area (Å²) < 4.78 is 0. The maximum Gasteiger partial charge on any atom is 0.253 e. The molecule has 0 saturated heterocycles. The van der Waals surface area contributed by atoms with E-state index in [4.69, 9.17) is 11.6 Å². The molecule has 1 aromatic carbocycles. The first kappa shape index (κ1) is 13.0. The average Bonchev–Trinajstić information content (AvgIpc) is 3.08. The molecule has 1 aliphatic carbocycles. The number of hydrogen-bond donors (Lipinski definition) is 1. The average molecular weight is 240 g/mol. The number of rotatable bonds is 2. The van der Waals surface area contributed by atoms with Gasteiger partial charge in [0.1, 0.15) is 0 Å². The Bertz CT molecular complexity index is 372. The van der Waals surface area contributed by atoms with Crippen molar-refractivity contribution >= 4 is 17.5 Å². The third kappa shape index (κ3) is 3.53. The van der Waals surface area contributed by atoms with Crippen molar-refractivity contribution < 1.29 is 4.79 Å². The van der Waals surface area contributed by atoms with E-state index in [2.05, 4.69) is 5.32 Å². The van der Waals surface area contributed by atoms with E-state index in [1.54, 1.807) is 6.07 Å². The monoisotopic (exact) mass is 239 g/mol. The van der Waals surface area contributed by atoms with Gasteiger partial charge in [-0.15, -0.1) is 0 Å². The number of amides is 1. The SMILES string of the molecule is CC.Cc1ccc(Cl)c(C(=O)NC2CC2)c1. The molecule has 16 heavy (non-hydrogen) atoms. The highest BCUT2D eigenvalue weighted by atomic mass is 35.5. The molecule has 88 valence electrons. The van der Waals surface area contributed by atoms with Gasteiger partial charge in [-0.1, -0.05) is 37.1 Å². The lowest BCUT2D eigenvalue weighted by Crippen LogP contribution is -2.25. The first-order valence-corrected chi connectivity index (χ1v) is 6.11. The van der Waals surface area contributed by atoms with Crippen LogP contribution in [0.5, 0.6) is 0 Å². The lowest BCUT2D eigenvalue weighted by Gasteiger charge is -2.05. The molecule has 0 heterocycles. The summed E-state index contributed by atoms with van der Waals surface area (Å²) in [5, 5.41) is 3.44. The Morgan fingerprint density at radius 1 is 1.38 bits per heavy atom. The van der Waals surface area contributed by atoms with Crippen molar-refractivity contribution in [2.24, 2.45) is 0 Å². The Morgan fingerprint density at radius 2 is 2.00 bits per heavy atom. The van der Waals surface area contributed by atoms with Crippen molar-refractivity contribution in [1.29, 1.82) is 0 Å². The molecule has 1 amide bonds. The Kier molecular flexibility index (Phi) is 4.81. The molecule has 1 aliphatic rings. The fraction of sp³-hybridized carbons (Fsp3) is 0.462. The van der Waals surface area contributed by atoms with Crippen LogP contribution in [0.15, 0.2) is 18.2 Å². The van der Waals surface area contributed by atoms with Gasteiger partial charge < -0.3 is 5.32 Å². The van der Waals surface area contributed by atoms with E-state index >= 15 is 0 Å². The summed E-state index contributed by atoms with van der Waals surface area (Å²) in [5.41, 5.74) is 1.63. The van der Waals surface area contributed by atoms with Gasteiger partial charge in [-0.05, 0) is 31.9 Å². The standard InChI is InChI=1S/C11H12ClNO.C2H6/c1-7-2-5-10(12)9(6-7)11(14)13-8-3-4-8;1-2/h2,5-6,8H,3-4H2,1H3,(H,13,14);1-2H3. The van der Waals surface area contributed by atoms with Crippen molar-refractivity contribution in [2.45, 2.75) is 39.7 Å². The molecule has 0 unspecified atom stereocenters. The molecule has 0 bridgehead atoms. The van der Waals surface area contributed by atoms with Crippen LogP contribution in [0.25, 0.3) is 0 Å². The highest BCUT2D eigenvalue weighted by Gasteiger charge is 2.24. The van der Waals surface area contributed by atoms with Gasteiger partial charge in [0.25, 0.3) is 5.91 Å². The van der Waals surface area contributed by atoms with Gasteiger partial charge in [0, 0.05) is 6.04 Å². The highest BCUT2D eigenvalue weighted by molar-refractivity contribution is 6.33. The van der Waals surface area contributed by atoms with Gasteiger partial charge in [0.2, 0.25) is 0 Å². The van der Waals surface area contributed by atoms with Crippen LogP contribution >= 0.6 is 11.6 Å². The van der Waals surface area contributed by atoms with Crippen LogP contribution in [0.2, 0.25) is 5.02 Å². The number of carbonyl (C=O) groups excluding carboxylic acids is 1. The second-order valence-corrected chi connectivity index (χ2v) is 4.14. The molecule has 1 N–H and O–H groups in total. The normalized spacial score (nSPS) is 13.8. The van der Waals surface area contributed by atoms with Crippen LogP contribution in [-0.4, -0.2) is 11.9 Å². The van der Waals surface area contributed by atoms with Gasteiger partial charge in [-0.2, -0.15) is 0 Å². The lowest BCUT2D eigenvalue weighted by atomic mass is 10.1. The summed E-state index contributed by atoms with van der Waals surface area (Å²) in [6.45, 7) is 5.95. The molecule has 1 aromatic rings. The quantitative estimate of drug-likeness (QED) is 0.840. The first-order chi connectivity index (χ1) is 7.66. The van der Waals surface area contributed by atoms with Gasteiger partial charge in [0.15, 0.2) is 0 Å². The van der Waals surface area contributed by atoms with E-state index in [1.165, 1.54) is 0 Å². The van der Waals surface area contributed by atoms with Gasteiger partial charge in [-0.3, -0.25) is 4.79 Å². The zero-order chi connectivity index (χ0) is 12.1. The number of aryl methyl sites for hydroxylation is 1. The van der Waals surface area contributed by atoms with Crippen LogP contribution in [0.4, 0.5) is 0 Å². The summed E-state index contributed by atoms with van der Waals surface area (Å²) in [4.78, 5) is 11.7. The Labute approximate surface area is 102 Å². The predicted octanol–water partition coefficient (Wildman–Crippen LogP) is 3.57. The van der Waals surface area contributed by atoms with Crippen molar-refractivity contribution in [3.8, 4) is 0 Å². The molecule has 2 rings (SSSR count). The fourth-order valence-corrected chi connectivity index (χ4v) is 1.51. The van der Waals surface area contributed by atoms with Crippen LogP contribution < -0.4 is 5.32 Å². The summed E-state index contributed by atoms with van der Waals surface area (Å²) in [7, 11) is 0. The summed E-state index contributed by atoms with van der Waals surface area (Å²) in [6, 6.07) is 5.86. The molecule has 1 saturated carbocycles. The van der Waals surface area contributed by atoms with Gasteiger partial charge in [-0.25, -0.2) is 0 Å². The second-order valence-electron chi connectivity index (χ2n) is 3.73. The molecule has 1 fully saturated rings. The van der Waals surface area contributed by atoms with E-state index in [1.807, 2.05) is 32.9 Å². The number of benzene rings is 1. The van der Waals surface area contributed by atoms with Crippen molar-refractivity contribution in [2.75, 3.05) is 0 Å². The fourth-order valence-electron chi connectivity index (χ4n) is 1.30. The minimum atomic E-state index is -0.0544. The number of nitrogens with one attached hydrogen (secondary N) is 1. The number of halogens is 1. The molecule has 0 aliphatic heterocycles. The van der Waals surface area contributed by atoms with Crippen LogP contribution in [0, 0.1) is 6.92 Å². The molecule has 0 atom stereocenters. The van der Waals surface area contributed by atoms with Crippen molar-refractivity contribution in [3.63, 3.8) is 0 Å². The Morgan fingerprint density at radius 3 is 2.56 bits per heavy atom.